The average molecular weight is 331 g/mol. The van der Waals surface area contributed by atoms with Gasteiger partial charge in [0.05, 0.1) is 12.2 Å². The van der Waals surface area contributed by atoms with E-state index in [0.717, 1.165) is 24.5 Å². The minimum atomic E-state index is -0.499. The molecule has 1 saturated carbocycles. The molecule has 5 atom stereocenters. The van der Waals surface area contributed by atoms with Gasteiger partial charge >= 0.3 is 0 Å². The molecule has 5 rings (SSSR count). The number of likely N-dealkylation sites (tertiary alicyclic amines) is 1. The Hall–Kier alpha value is -1.30. The fraction of sp³-hybridized carbons (Fsp3) is 0.684. The molecule has 0 N–H and O–H groups in total. The Bertz CT molecular complexity index is 661. The van der Waals surface area contributed by atoms with Crippen LogP contribution in [-0.4, -0.2) is 49.3 Å². The number of rotatable bonds is 1. The van der Waals surface area contributed by atoms with Gasteiger partial charge in [-0.2, -0.15) is 0 Å². The van der Waals surface area contributed by atoms with E-state index in [2.05, 4.69) is 24.1 Å². The van der Waals surface area contributed by atoms with Crippen molar-refractivity contribution in [2.45, 2.75) is 56.6 Å². The van der Waals surface area contributed by atoms with Crippen molar-refractivity contribution in [2.24, 2.45) is 5.92 Å². The molecule has 3 heterocycles. The molecular formula is C19H25NO4. The standard InChI is InChI=1S/C19H25NO4/c1-19(2)23-15-9-12-6-7-20(3)17(12)16(18(15)24-19)11-4-5-13-14(8-11)22-10-21-13/h4-5,8,12,15-18H,6-7,9-10H2,1-3H3/t12-,15+,16+,17-,18+/m1/s1. The zero-order valence-electron chi connectivity index (χ0n) is 14.5. The summed E-state index contributed by atoms with van der Waals surface area (Å²) in [6.45, 7) is 5.52. The van der Waals surface area contributed by atoms with Crippen LogP contribution in [0.3, 0.4) is 0 Å². The maximum absolute atomic E-state index is 6.37. The van der Waals surface area contributed by atoms with E-state index in [1.54, 1.807) is 0 Å². The van der Waals surface area contributed by atoms with Crippen molar-refractivity contribution in [3.05, 3.63) is 23.8 Å². The summed E-state index contributed by atoms with van der Waals surface area (Å²) < 4.78 is 23.7. The van der Waals surface area contributed by atoms with Crippen LogP contribution in [0.25, 0.3) is 0 Å². The minimum absolute atomic E-state index is 0.0992. The van der Waals surface area contributed by atoms with Gasteiger partial charge in [-0.3, -0.25) is 0 Å². The second-order valence-corrected chi connectivity index (χ2v) is 8.03. The third kappa shape index (κ3) is 2.18. The van der Waals surface area contributed by atoms with E-state index in [0.29, 0.717) is 24.7 Å². The fourth-order valence-electron chi connectivity index (χ4n) is 5.22. The highest BCUT2D eigenvalue weighted by atomic mass is 16.8. The lowest BCUT2D eigenvalue weighted by Gasteiger charge is -2.42. The van der Waals surface area contributed by atoms with E-state index >= 15 is 0 Å². The number of hydrogen-bond acceptors (Lipinski definition) is 5. The van der Waals surface area contributed by atoms with Crippen LogP contribution >= 0.6 is 0 Å². The Balaban J connectivity index is 1.57. The Labute approximate surface area is 142 Å². The van der Waals surface area contributed by atoms with E-state index in [1.165, 1.54) is 12.0 Å². The van der Waals surface area contributed by atoms with Crippen LogP contribution in [-0.2, 0) is 9.47 Å². The number of fused-ring (bicyclic) bond motifs is 3. The third-order valence-corrected chi connectivity index (χ3v) is 6.10. The van der Waals surface area contributed by atoms with E-state index < -0.39 is 5.79 Å². The van der Waals surface area contributed by atoms with Crippen molar-refractivity contribution < 1.29 is 18.9 Å². The van der Waals surface area contributed by atoms with Gasteiger partial charge in [0.25, 0.3) is 0 Å². The second kappa shape index (κ2) is 5.10. The van der Waals surface area contributed by atoms with Crippen LogP contribution in [0.1, 0.15) is 38.2 Å². The number of nitrogens with zero attached hydrogens (tertiary/aromatic N) is 1. The highest BCUT2D eigenvalue weighted by Crippen LogP contribution is 2.51. The molecule has 0 amide bonds. The van der Waals surface area contributed by atoms with E-state index in [4.69, 9.17) is 18.9 Å². The molecule has 0 radical (unpaired) electrons. The third-order valence-electron chi connectivity index (χ3n) is 6.10. The Morgan fingerprint density at radius 2 is 1.96 bits per heavy atom. The van der Waals surface area contributed by atoms with Gasteiger partial charge in [-0.05, 0) is 63.9 Å². The SMILES string of the molecule is CN1CC[C@@H]2C[C@@H]3OC(C)(C)O[C@@H]3[C@@H](c3ccc4c(c3)OCO4)[C@@H]21. The summed E-state index contributed by atoms with van der Waals surface area (Å²) in [7, 11) is 2.24. The number of likely N-dealkylation sites (N-methyl/N-ethyl adjacent to an activating group) is 1. The van der Waals surface area contributed by atoms with Crippen molar-refractivity contribution in [3.63, 3.8) is 0 Å². The number of ether oxygens (including phenoxy) is 4. The van der Waals surface area contributed by atoms with Crippen LogP contribution in [0.5, 0.6) is 11.5 Å². The molecule has 0 spiro atoms. The maximum atomic E-state index is 6.37. The first-order valence-electron chi connectivity index (χ1n) is 8.97. The molecule has 1 aromatic rings. The lowest BCUT2D eigenvalue weighted by molar-refractivity contribution is -0.147. The van der Waals surface area contributed by atoms with E-state index in [1.807, 2.05) is 19.9 Å². The topological polar surface area (TPSA) is 40.2 Å². The summed E-state index contributed by atoms with van der Waals surface area (Å²) in [5.74, 6) is 2.17. The molecule has 0 aromatic heterocycles. The molecule has 130 valence electrons. The quantitative estimate of drug-likeness (QED) is 0.791. The first-order chi connectivity index (χ1) is 11.5. The van der Waals surface area contributed by atoms with Crippen molar-refractivity contribution in [1.82, 2.24) is 4.90 Å². The summed E-state index contributed by atoms with van der Waals surface area (Å²) in [5, 5.41) is 0. The molecular weight excluding hydrogens is 306 g/mol. The molecule has 0 unspecified atom stereocenters. The summed E-state index contributed by atoms with van der Waals surface area (Å²) in [5.41, 5.74) is 1.28. The van der Waals surface area contributed by atoms with Crippen LogP contribution in [0.4, 0.5) is 0 Å². The smallest absolute Gasteiger partial charge is 0.231 e. The van der Waals surface area contributed by atoms with Gasteiger partial charge in [0, 0.05) is 12.0 Å². The van der Waals surface area contributed by atoms with Gasteiger partial charge in [-0.1, -0.05) is 6.07 Å². The maximum Gasteiger partial charge on any atom is 0.231 e. The van der Waals surface area contributed by atoms with Crippen molar-refractivity contribution in [2.75, 3.05) is 20.4 Å². The molecule has 1 aromatic carbocycles. The van der Waals surface area contributed by atoms with Crippen molar-refractivity contribution >= 4 is 0 Å². The molecule has 5 heteroatoms. The molecule has 24 heavy (non-hydrogen) atoms. The van der Waals surface area contributed by atoms with Crippen molar-refractivity contribution in [1.29, 1.82) is 0 Å². The Kier molecular flexibility index (Phi) is 3.19. The van der Waals surface area contributed by atoms with Gasteiger partial charge in [0.15, 0.2) is 17.3 Å². The first kappa shape index (κ1) is 15.0. The largest absolute Gasteiger partial charge is 0.454 e. The highest BCUT2D eigenvalue weighted by Gasteiger charge is 2.56. The number of benzene rings is 1. The average Bonchev–Trinajstić information content (AvgIpc) is 3.21. The minimum Gasteiger partial charge on any atom is -0.454 e. The molecule has 5 nitrogen and oxygen atoms in total. The predicted octanol–water partition coefficient (Wildman–Crippen LogP) is 2.74. The normalized spacial score (nSPS) is 39.7. The van der Waals surface area contributed by atoms with E-state index in [9.17, 15) is 0 Å². The first-order valence-corrected chi connectivity index (χ1v) is 8.97. The van der Waals surface area contributed by atoms with Gasteiger partial charge in [-0.25, -0.2) is 0 Å². The lowest BCUT2D eigenvalue weighted by atomic mass is 9.71. The zero-order valence-corrected chi connectivity index (χ0v) is 14.5. The molecule has 3 fully saturated rings. The van der Waals surface area contributed by atoms with Gasteiger partial charge in [0.1, 0.15) is 0 Å². The Morgan fingerprint density at radius 3 is 2.83 bits per heavy atom. The van der Waals surface area contributed by atoms with Crippen molar-refractivity contribution in [3.8, 4) is 11.5 Å². The van der Waals surface area contributed by atoms with Gasteiger partial charge in [0.2, 0.25) is 6.79 Å². The predicted molar refractivity (Wildman–Crippen MR) is 88.3 cm³/mol. The molecule has 2 saturated heterocycles. The summed E-state index contributed by atoms with van der Waals surface area (Å²) in [6.07, 6.45) is 2.63. The molecule has 4 aliphatic rings. The van der Waals surface area contributed by atoms with Gasteiger partial charge in [-0.15, -0.1) is 0 Å². The zero-order chi connectivity index (χ0) is 16.5. The molecule has 1 aliphatic carbocycles. The molecule has 3 aliphatic heterocycles. The Morgan fingerprint density at radius 1 is 1.12 bits per heavy atom. The van der Waals surface area contributed by atoms with Crippen LogP contribution in [0.15, 0.2) is 18.2 Å². The number of hydrogen-bond donors (Lipinski definition) is 0. The summed E-state index contributed by atoms with van der Waals surface area (Å²) >= 11 is 0. The summed E-state index contributed by atoms with van der Waals surface area (Å²) in [4.78, 5) is 2.50. The monoisotopic (exact) mass is 331 g/mol. The van der Waals surface area contributed by atoms with Crippen LogP contribution < -0.4 is 9.47 Å². The van der Waals surface area contributed by atoms with E-state index in [-0.39, 0.29) is 12.2 Å². The fourth-order valence-corrected chi connectivity index (χ4v) is 5.22. The second-order valence-electron chi connectivity index (χ2n) is 8.03. The highest BCUT2D eigenvalue weighted by molar-refractivity contribution is 5.46. The van der Waals surface area contributed by atoms with Crippen LogP contribution in [0.2, 0.25) is 0 Å². The lowest BCUT2D eigenvalue weighted by Crippen LogP contribution is -2.49. The summed E-state index contributed by atoms with van der Waals surface area (Å²) in [6, 6.07) is 6.86. The van der Waals surface area contributed by atoms with Gasteiger partial charge < -0.3 is 23.8 Å². The molecule has 0 bridgehead atoms. The van der Waals surface area contributed by atoms with Crippen LogP contribution in [0, 0.1) is 5.92 Å².